The van der Waals surface area contributed by atoms with Crippen LogP contribution in [0, 0.1) is 50.2 Å². The summed E-state index contributed by atoms with van der Waals surface area (Å²) in [6.07, 6.45) is 15.5. The maximum absolute atomic E-state index is 12.8. The zero-order valence-corrected chi connectivity index (χ0v) is 21.8. The van der Waals surface area contributed by atoms with Crippen LogP contribution in [0.3, 0.4) is 0 Å². The number of carbonyl (C=O) groups excluding carboxylic acids is 1. The highest BCUT2D eigenvalue weighted by molar-refractivity contribution is 5.85. The van der Waals surface area contributed by atoms with Gasteiger partial charge in [0.2, 0.25) is 0 Å². The molecule has 0 aromatic rings. The second kappa shape index (κ2) is 6.29. The van der Waals surface area contributed by atoms with Crippen molar-refractivity contribution in [2.24, 2.45) is 50.2 Å². The van der Waals surface area contributed by atoms with Gasteiger partial charge in [0, 0.05) is 11.8 Å². The zero-order chi connectivity index (χ0) is 22.7. The molecule has 0 amide bonds. The topological polar surface area (TPSA) is 17.1 Å². The number of ketones is 1. The van der Waals surface area contributed by atoms with E-state index in [0.29, 0.717) is 44.7 Å². The summed E-state index contributed by atoms with van der Waals surface area (Å²) in [4.78, 5) is 12.8. The first-order chi connectivity index (χ1) is 14.2. The first kappa shape index (κ1) is 22.2. The fourth-order valence-corrected chi connectivity index (χ4v) is 10.6. The maximum Gasteiger partial charge on any atom is 0.138 e. The highest BCUT2D eigenvalue weighted by atomic mass is 16.1. The number of hydrogen-bond donors (Lipinski definition) is 0. The Hall–Kier alpha value is -0.590. The SMILES string of the molecule is CC1(C)C(=O)CCC2(C)C3CCC4(C)C5CCCC(C)(C)C5(C)CCC4(C)C3=CCC12. The van der Waals surface area contributed by atoms with Crippen molar-refractivity contribution >= 4 is 5.78 Å². The summed E-state index contributed by atoms with van der Waals surface area (Å²) < 4.78 is 0. The molecular formula is C30H48O. The van der Waals surface area contributed by atoms with Gasteiger partial charge in [0.25, 0.3) is 0 Å². The minimum Gasteiger partial charge on any atom is -0.299 e. The number of allylic oxidation sites excluding steroid dienone is 2. The molecule has 0 spiro atoms. The van der Waals surface area contributed by atoms with Gasteiger partial charge in [-0.2, -0.15) is 0 Å². The molecule has 0 heterocycles. The Morgan fingerprint density at radius 2 is 1.48 bits per heavy atom. The van der Waals surface area contributed by atoms with Gasteiger partial charge in [-0.05, 0) is 96.2 Å². The van der Waals surface area contributed by atoms with Crippen LogP contribution in [0.25, 0.3) is 0 Å². The molecule has 0 radical (unpaired) electrons. The van der Waals surface area contributed by atoms with E-state index in [1.807, 2.05) is 5.57 Å². The van der Waals surface area contributed by atoms with Gasteiger partial charge in [0.05, 0.1) is 0 Å². The number of rotatable bonds is 0. The van der Waals surface area contributed by atoms with E-state index < -0.39 is 0 Å². The van der Waals surface area contributed by atoms with Crippen molar-refractivity contribution in [3.05, 3.63) is 11.6 Å². The molecule has 1 nitrogen and oxygen atoms in total. The Morgan fingerprint density at radius 3 is 2.19 bits per heavy atom. The number of carbonyl (C=O) groups is 1. The molecule has 4 saturated carbocycles. The summed E-state index contributed by atoms with van der Waals surface area (Å²) in [6.45, 7) is 20.3. The van der Waals surface area contributed by atoms with Gasteiger partial charge in [-0.15, -0.1) is 0 Å². The van der Waals surface area contributed by atoms with Crippen molar-refractivity contribution in [1.82, 2.24) is 0 Å². The van der Waals surface area contributed by atoms with Gasteiger partial charge < -0.3 is 0 Å². The minimum absolute atomic E-state index is 0.158. The molecule has 0 aliphatic heterocycles. The molecule has 1 heteroatoms. The highest BCUT2D eigenvalue weighted by Gasteiger charge is 2.68. The van der Waals surface area contributed by atoms with Crippen LogP contribution in [0.1, 0.15) is 120 Å². The minimum atomic E-state index is -0.158. The van der Waals surface area contributed by atoms with Gasteiger partial charge >= 0.3 is 0 Å². The van der Waals surface area contributed by atoms with E-state index in [-0.39, 0.29) is 5.41 Å². The van der Waals surface area contributed by atoms with Crippen molar-refractivity contribution in [2.75, 3.05) is 0 Å². The molecule has 7 atom stereocenters. The van der Waals surface area contributed by atoms with E-state index in [2.05, 4.69) is 61.5 Å². The Labute approximate surface area is 192 Å². The van der Waals surface area contributed by atoms with Crippen LogP contribution in [-0.4, -0.2) is 5.78 Å². The van der Waals surface area contributed by atoms with E-state index in [4.69, 9.17) is 0 Å². The molecular weight excluding hydrogens is 376 g/mol. The average molecular weight is 425 g/mol. The summed E-state index contributed by atoms with van der Waals surface area (Å²) in [5.74, 6) is 2.57. The molecule has 5 aliphatic carbocycles. The number of hydrogen-bond acceptors (Lipinski definition) is 1. The van der Waals surface area contributed by atoms with Crippen LogP contribution in [0.15, 0.2) is 11.6 Å². The zero-order valence-electron chi connectivity index (χ0n) is 21.8. The Kier molecular flexibility index (Phi) is 4.51. The number of fused-ring (bicyclic) bond motifs is 7. The van der Waals surface area contributed by atoms with E-state index in [9.17, 15) is 4.79 Å². The monoisotopic (exact) mass is 424 g/mol. The van der Waals surface area contributed by atoms with E-state index in [1.54, 1.807) is 0 Å². The summed E-state index contributed by atoms with van der Waals surface area (Å²) in [5.41, 5.74) is 3.68. The van der Waals surface area contributed by atoms with E-state index in [1.165, 1.54) is 44.9 Å². The molecule has 0 bridgehead atoms. The number of Topliss-reactive ketones (excluding diaryl/α,β-unsaturated/α-hetero) is 1. The van der Waals surface area contributed by atoms with Crippen molar-refractivity contribution in [2.45, 2.75) is 120 Å². The summed E-state index contributed by atoms with van der Waals surface area (Å²) >= 11 is 0. The van der Waals surface area contributed by atoms with Crippen LogP contribution in [-0.2, 0) is 4.79 Å². The first-order valence-electron chi connectivity index (χ1n) is 13.5. The third-order valence-electron chi connectivity index (χ3n) is 13.4. The predicted octanol–water partition coefficient (Wildman–Crippen LogP) is 8.38. The molecule has 5 aliphatic rings. The third kappa shape index (κ3) is 2.48. The third-order valence-corrected chi connectivity index (χ3v) is 13.4. The summed E-state index contributed by atoms with van der Waals surface area (Å²) in [5, 5.41) is 0. The molecule has 174 valence electrons. The van der Waals surface area contributed by atoms with Crippen LogP contribution in [0.2, 0.25) is 0 Å². The normalized spacial score (nSPS) is 52.8. The van der Waals surface area contributed by atoms with Crippen LogP contribution < -0.4 is 0 Å². The molecule has 0 aromatic carbocycles. The van der Waals surface area contributed by atoms with Crippen molar-refractivity contribution in [3.63, 3.8) is 0 Å². The second-order valence-corrected chi connectivity index (χ2v) is 14.7. The lowest BCUT2D eigenvalue weighted by atomic mass is 9.32. The molecule has 7 unspecified atom stereocenters. The van der Waals surface area contributed by atoms with E-state index >= 15 is 0 Å². The Balaban J connectivity index is 1.58. The second-order valence-electron chi connectivity index (χ2n) is 14.7. The first-order valence-corrected chi connectivity index (χ1v) is 13.5. The van der Waals surface area contributed by atoms with Crippen LogP contribution >= 0.6 is 0 Å². The van der Waals surface area contributed by atoms with Crippen LogP contribution in [0.4, 0.5) is 0 Å². The fourth-order valence-electron chi connectivity index (χ4n) is 10.6. The highest BCUT2D eigenvalue weighted by Crippen LogP contribution is 2.76. The maximum atomic E-state index is 12.8. The van der Waals surface area contributed by atoms with Crippen LogP contribution in [0.5, 0.6) is 0 Å². The molecule has 31 heavy (non-hydrogen) atoms. The lowest BCUT2D eigenvalue weighted by Crippen LogP contribution is -2.64. The Bertz CT molecular complexity index is 831. The average Bonchev–Trinajstić information content (AvgIpc) is 2.68. The lowest BCUT2D eigenvalue weighted by molar-refractivity contribution is -0.192. The smallest absolute Gasteiger partial charge is 0.138 e. The van der Waals surface area contributed by atoms with E-state index in [0.717, 1.165) is 25.2 Å². The van der Waals surface area contributed by atoms with Gasteiger partial charge in [-0.25, -0.2) is 0 Å². The van der Waals surface area contributed by atoms with Crippen molar-refractivity contribution in [1.29, 1.82) is 0 Å². The fraction of sp³-hybridized carbons (Fsp3) is 0.900. The molecule has 0 aromatic heterocycles. The Morgan fingerprint density at radius 1 is 0.774 bits per heavy atom. The van der Waals surface area contributed by atoms with Gasteiger partial charge in [-0.1, -0.05) is 73.5 Å². The van der Waals surface area contributed by atoms with Crippen molar-refractivity contribution < 1.29 is 4.79 Å². The predicted molar refractivity (Wildman–Crippen MR) is 130 cm³/mol. The van der Waals surface area contributed by atoms with Crippen molar-refractivity contribution in [3.8, 4) is 0 Å². The van der Waals surface area contributed by atoms with Gasteiger partial charge in [-0.3, -0.25) is 4.79 Å². The standard InChI is InChI=1S/C30H48O/c1-25(2)15-9-10-23-29(25,7)19-18-28(6)21-11-12-22-26(3,4)24(31)14-16-27(22,5)20(21)13-17-30(23,28)8/h11,20,22-23H,9-10,12-19H2,1-8H3. The molecule has 0 N–H and O–H groups in total. The van der Waals surface area contributed by atoms with Gasteiger partial charge in [0.1, 0.15) is 5.78 Å². The molecule has 4 fully saturated rings. The quantitative estimate of drug-likeness (QED) is 0.357. The summed E-state index contributed by atoms with van der Waals surface area (Å²) in [6, 6.07) is 0. The summed E-state index contributed by atoms with van der Waals surface area (Å²) in [7, 11) is 0. The van der Waals surface area contributed by atoms with Gasteiger partial charge in [0.15, 0.2) is 0 Å². The molecule has 5 rings (SSSR count). The lowest BCUT2D eigenvalue weighted by Gasteiger charge is -2.72. The largest absolute Gasteiger partial charge is 0.299 e. The molecule has 0 saturated heterocycles.